The van der Waals surface area contributed by atoms with Crippen molar-refractivity contribution < 1.29 is 19.4 Å². The number of rotatable bonds is 6. The lowest BCUT2D eigenvalue weighted by atomic mass is 9.85. The van der Waals surface area contributed by atoms with Crippen LogP contribution in [0.15, 0.2) is 0 Å². The molecule has 2 amide bonds. The van der Waals surface area contributed by atoms with Crippen molar-refractivity contribution in [1.82, 2.24) is 10.2 Å². The lowest BCUT2D eigenvalue weighted by molar-refractivity contribution is -0.148. The summed E-state index contributed by atoms with van der Waals surface area (Å²) in [7, 11) is 1.73. The van der Waals surface area contributed by atoms with Crippen LogP contribution in [0.3, 0.4) is 0 Å². The third kappa shape index (κ3) is 3.79. The zero-order valence-electron chi connectivity index (χ0n) is 12.5. The summed E-state index contributed by atoms with van der Waals surface area (Å²) in [6.45, 7) is 3.95. The van der Waals surface area contributed by atoms with Crippen molar-refractivity contribution in [2.45, 2.75) is 32.4 Å². The fourth-order valence-corrected chi connectivity index (χ4v) is 2.59. The highest BCUT2D eigenvalue weighted by molar-refractivity contribution is 7.98. The molecule has 0 aromatic heterocycles. The molecule has 0 saturated carbocycles. The van der Waals surface area contributed by atoms with E-state index in [1.165, 1.54) is 0 Å². The lowest BCUT2D eigenvalue weighted by Gasteiger charge is -2.30. The van der Waals surface area contributed by atoms with Crippen molar-refractivity contribution >= 4 is 23.8 Å². The molecule has 0 aromatic carbocycles. The van der Waals surface area contributed by atoms with Crippen LogP contribution in [0.1, 0.15) is 20.3 Å². The summed E-state index contributed by atoms with van der Waals surface area (Å²) in [5, 5.41) is 12.1. The number of ether oxygens (including phenoxy) is 1. The van der Waals surface area contributed by atoms with Gasteiger partial charge in [-0.05, 0) is 32.3 Å². The maximum absolute atomic E-state index is 12.2. The number of aliphatic carboxylic acids is 1. The predicted octanol–water partition coefficient (Wildman–Crippen LogP) is 1.26. The standard InChI is InChI=1S/C13H24N2O4S/c1-9(5-6-20-4)15(3)12(18)14-10-7-19-8-13(10,2)11(16)17/h9-10H,5-8H2,1-4H3,(H,14,18)(H,16,17). The fraction of sp³-hybridized carbons (Fsp3) is 0.846. The summed E-state index contributed by atoms with van der Waals surface area (Å²) >= 11 is 1.74. The van der Waals surface area contributed by atoms with Crippen LogP contribution >= 0.6 is 11.8 Å². The minimum Gasteiger partial charge on any atom is -0.481 e. The molecule has 0 aromatic rings. The number of carbonyl (C=O) groups is 2. The van der Waals surface area contributed by atoms with Gasteiger partial charge in [0.2, 0.25) is 0 Å². The molecule has 7 heteroatoms. The molecular formula is C13H24N2O4S. The number of thioether (sulfide) groups is 1. The summed E-state index contributed by atoms with van der Waals surface area (Å²) in [6.07, 6.45) is 2.93. The minimum atomic E-state index is -1.06. The van der Waals surface area contributed by atoms with Crippen molar-refractivity contribution in [2.24, 2.45) is 5.41 Å². The van der Waals surface area contributed by atoms with E-state index in [0.717, 1.165) is 12.2 Å². The number of nitrogens with zero attached hydrogens (tertiary/aromatic N) is 1. The van der Waals surface area contributed by atoms with Crippen LogP contribution in [0, 0.1) is 5.41 Å². The Labute approximate surface area is 124 Å². The van der Waals surface area contributed by atoms with E-state index in [4.69, 9.17) is 4.74 Å². The van der Waals surface area contributed by atoms with Gasteiger partial charge in [-0.25, -0.2) is 4.79 Å². The van der Waals surface area contributed by atoms with Crippen LogP contribution in [-0.2, 0) is 9.53 Å². The van der Waals surface area contributed by atoms with Crippen LogP contribution < -0.4 is 5.32 Å². The summed E-state index contributed by atoms with van der Waals surface area (Å²) in [5.41, 5.74) is -1.06. The average Bonchev–Trinajstić information content (AvgIpc) is 2.77. The minimum absolute atomic E-state index is 0.112. The van der Waals surface area contributed by atoms with E-state index >= 15 is 0 Å². The molecular weight excluding hydrogens is 280 g/mol. The molecule has 2 N–H and O–H groups in total. The van der Waals surface area contributed by atoms with E-state index in [1.54, 1.807) is 30.6 Å². The predicted molar refractivity (Wildman–Crippen MR) is 79.1 cm³/mol. The van der Waals surface area contributed by atoms with Crippen molar-refractivity contribution in [3.05, 3.63) is 0 Å². The van der Waals surface area contributed by atoms with Gasteiger partial charge >= 0.3 is 12.0 Å². The molecule has 1 heterocycles. The van der Waals surface area contributed by atoms with Gasteiger partial charge in [-0.3, -0.25) is 4.79 Å². The summed E-state index contributed by atoms with van der Waals surface area (Å²) in [5.74, 6) is 0.0384. The number of urea groups is 1. The van der Waals surface area contributed by atoms with Crippen LogP contribution in [0.5, 0.6) is 0 Å². The maximum atomic E-state index is 12.2. The van der Waals surface area contributed by atoms with E-state index in [0.29, 0.717) is 0 Å². The molecule has 0 aliphatic carbocycles. The first kappa shape index (κ1) is 17.1. The Morgan fingerprint density at radius 3 is 2.80 bits per heavy atom. The zero-order chi connectivity index (χ0) is 15.3. The van der Waals surface area contributed by atoms with E-state index in [-0.39, 0.29) is 25.3 Å². The van der Waals surface area contributed by atoms with Gasteiger partial charge in [0.05, 0.1) is 19.3 Å². The van der Waals surface area contributed by atoms with Gasteiger partial charge in [-0.2, -0.15) is 11.8 Å². The van der Waals surface area contributed by atoms with Gasteiger partial charge < -0.3 is 20.1 Å². The number of hydrogen-bond acceptors (Lipinski definition) is 4. The van der Waals surface area contributed by atoms with Crippen molar-refractivity contribution in [2.75, 3.05) is 32.3 Å². The number of carboxylic acid groups (broad SMARTS) is 1. The van der Waals surface area contributed by atoms with Gasteiger partial charge in [0.25, 0.3) is 0 Å². The number of carboxylic acids is 1. The second-order valence-corrected chi connectivity index (χ2v) is 6.47. The quantitative estimate of drug-likeness (QED) is 0.772. The summed E-state index contributed by atoms with van der Waals surface area (Å²) < 4.78 is 5.22. The molecule has 0 radical (unpaired) electrons. The SMILES string of the molecule is CSCCC(C)N(C)C(=O)NC1COCC1(C)C(=O)O. The van der Waals surface area contributed by atoms with E-state index in [1.807, 2.05) is 13.2 Å². The molecule has 116 valence electrons. The van der Waals surface area contributed by atoms with Gasteiger partial charge in [0, 0.05) is 13.1 Å². The van der Waals surface area contributed by atoms with Crippen LogP contribution in [0.25, 0.3) is 0 Å². The van der Waals surface area contributed by atoms with Crippen LogP contribution in [0.4, 0.5) is 4.79 Å². The fourth-order valence-electron chi connectivity index (χ4n) is 2.02. The molecule has 6 nitrogen and oxygen atoms in total. The van der Waals surface area contributed by atoms with Crippen molar-refractivity contribution in [3.8, 4) is 0 Å². The Bertz CT molecular complexity index is 366. The Hall–Kier alpha value is -0.950. The van der Waals surface area contributed by atoms with Crippen molar-refractivity contribution in [1.29, 1.82) is 0 Å². The summed E-state index contributed by atoms with van der Waals surface area (Å²) in [6, 6.07) is -0.634. The normalized spacial score (nSPS) is 27.1. The topological polar surface area (TPSA) is 78.9 Å². The summed E-state index contributed by atoms with van der Waals surface area (Å²) in [4.78, 5) is 25.1. The monoisotopic (exact) mass is 304 g/mol. The van der Waals surface area contributed by atoms with Gasteiger partial charge in [0.1, 0.15) is 5.41 Å². The number of nitrogens with one attached hydrogen (secondary N) is 1. The molecule has 3 unspecified atom stereocenters. The number of amides is 2. The highest BCUT2D eigenvalue weighted by Gasteiger charge is 2.47. The molecule has 20 heavy (non-hydrogen) atoms. The highest BCUT2D eigenvalue weighted by atomic mass is 32.2. The Morgan fingerprint density at radius 1 is 1.60 bits per heavy atom. The molecule has 0 bridgehead atoms. The van der Waals surface area contributed by atoms with E-state index in [2.05, 4.69) is 5.32 Å². The molecule has 3 atom stereocenters. The molecule has 0 spiro atoms. The lowest BCUT2D eigenvalue weighted by Crippen LogP contribution is -2.54. The Morgan fingerprint density at radius 2 is 2.25 bits per heavy atom. The molecule has 1 saturated heterocycles. The first-order valence-corrected chi connectivity index (χ1v) is 8.05. The molecule has 1 aliphatic rings. The van der Waals surface area contributed by atoms with Crippen molar-refractivity contribution in [3.63, 3.8) is 0 Å². The third-order valence-electron chi connectivity index (χ3n) is 3.96. The largest absolute Gasteiger partial charge is 0.481 e. The first-order valence-electron chi connectivity index (χ1n) is 6.66. The second-order valence-electron chi connectivity index (χ2n) is 5.48. The van der Waals surface area contributed by atoms with Crippen LogP contribution in [0.2, 0.25) is 0 Å². The van der Waals surface area contributed by atoms with Gasteiger partial charge in [-0.15, -0.1) is 0 Å². The van der Waals surface area contributed by atoms with E-state index in [9.17, 15) is 14.7 Å². The molecule has 1 rings (SSSR count). The highest BCUT2D eigenvalue weighted by Crippen LogP contribution is 2.28. The van der Waals surface area contributed by atoms with Gasteiger partial charge in [-0.1, -0.05) is 0 Å². The van der Waals surface area contributed by atoms with E-state index < -0.39 is 17.4 Å². The third-order valence-corrected chi connectivity index (χ3v) is 4.61. The Kier molecular flexibility index (Phi) is 6.13. The Balaban J connectivity index is 2.59. The van der Waals surface area contributed by atoms with Crippen LogP contribution in [-0.4, -0.2) is 66.4 Å². The zero-order valence-corrected chi connectivity index (χ0v) is 13.3. The average molecular weight is 304 g/mol. The molecule has 1 fully saturated rings. The first-order chi connectivity index (χ1) is 9.32. The second kappa shape index (κ2) is 7.17. The maximum Gasteiger partial charge on any atom is 0.317 e. The number of hydrogen-bond donors (Lipinski definition) is 2. The number of carbonyl (C=O) groups excluding carboxylic acids is 1. The smallest absolute Gasteiger partial charge is 0.317 e. The molecule has 1 aliphatic heterocycles. The van der Waals surface area contributed by atoms with Gasteiger partial charge in [0.15, 0.2) is 0 Å².